The van der Waals surface area contributed by atoms with Gasteiger partial charge in [-0.15, -0.1) is 0 Å². The van der Waals surface area contributed by atoms with Crippen LogP contribution in [0.5, 0.6) is 0 Å². The highest BCUT2D eigenvalue weighted by atomic mass is 32.2. The Morgan fingerprint density at radius 2 is 1.83 bits per heavy atom. The van der Waals surface area contributed by atoms with E-state index in [1.807, 2.05) is 0 Å². The van der Waals surface area contributed by atoms with Crippen LogP contribution in [0.1, 0.15) is 17.3 Å². The van der Waals surface area contributed by atoms with Gasteiger partial charge in [0.1, 0.15) is 5.82 Å². The SMILES string of the molecule is C[C@H](O)CN(c1ccccc1)S(=O)(=O)c1ccc(F)c(C(=O)O)c1. The van der Waals surface area contributed by atoms with Gasteiger partial charge in [-0.3, -0.25) is 4.31 Å². The van der Waals surface area contributed by atoms with E-state index in [1.54, 1.807) is 30.3 Å². The molecule has 0 heterocycles. The van der Waals surface area contributed by atoms with Crippen molar-refractivity contribution >= 4 is 21.7 Å². The van der Waals surface area contributed by atoms with E-state index in [4.69, 9.17) is 5.11 Å². The van der Waals surface area contributed by atoms with Crippen LogP contribution in [-0.2, 0) is 10.0 Å². The van der Waals surface area contributed by atoms with Gasteiger partial charge in [0.2, 0.25) is 0 Å². The highest BCUT2D eigenvalue weighted by molar-refractivity contribution is 7.92. The molecule has 2 N–H and O–H groups in total. The van der Waals surface area contributed by atoms with Crippen LogP contribution in [0.3, 0.4) is 0 Å². The van der Waals surface area contributed by atoms with Gasteiger partial charge in [-0.1, -0.05) is 18.2 Å². The molecule has 24 heavy (non-hydrogen) atoms. The third-order valence-corrected chi connectivity index (χ3v) is 5.02. The number of carboxylic acid groups (broad SMARTS) is 1. The molecule has 0 radical (unpaired) electrons. The number of anilines is 1. The minimum atomic E-state index is -4.18. The standard InChI is InChI=1S/C16H16FNO5S/c1-11(19)10-18(12-5-3-2-4-6-12)24(22,23)13-7-8-15(17)14(9-13)16(20)21/h2-9,11,19H,10H2,1H3,(H,20,21)/t11-/m0/s1. The van der Waals surface area contributed by atoms with Gasteiger partial charge in [-0.05, 0) is 37.3 Å². The predicted molar refractivity (Wildman–Crippen MR) is 86.0 cm³/mol. The number of rotatable bonds is 6. The van der Waals surface area contributed by atoms with Crippen molar-refractivity contribution in [2.24, 2.45) is 0 Å². The van der Waals surface area contributed by atoms with E-state index >= 15 is 0 Å². The largest absolute Gasteiger partial charge is 0.478 e. The fraction of sp³-hybridized carbons (Fsp3) is 0.188. The molecular weight excluding hydrogens is 337 g/mol. The molecule has 0 saturated carbocycles. The van der Waals surface area contributed by atoms with Crippen LogP contribution in [0.25, 0.3) is 0 Å². The minimum Gasteiger partial charge on any atom is -0.478 e. The zero-order valence-electron chi connectivity index (χ0n) is 12.8. The van der Waals surface area contributed by atoms with Crippen LogP contribution in [0, 0.1) is 5.82 Å². The van der Waals surface area contributed by atoms with Crippen molar-refractivity contribution < 1.29 is 27.8 Å². The number of halogens is 1. The molecule has 0 fully saturated rings. The van der Waals surface area contributed by atoms with Crippen molar-refractivity contribution in [1.29, 1.82) is 0 Å². The summed E-state index contributed by atoms with van der Waals surface area (Å²) in [5.41, 5.74) is -0.430. The third-order valence-electron chi connectivity index (χ3n) is 3.23. The van der Waals surface area contributed by atoms with Gasteiger partial charge in [-0.2, -0.15) is 0 Å². The molecule has 0 bridgehead atoms. The number of benzene rings is 2. The second kappa shape index (κ2) is 6.98. The highest BCUT2D eigenvalue weighted by Crippen LogP contribution is 2.25. The number of carbonyl (C=O) groups is 1. The van der Waals surface area contributed by atoms with Gasteiger partial charge >= 0.3 is 5.97 Å². The van der Waals surface area contributed by atoms with Gasteiger partial charge in [0.05, 0.1) is 28.8 Å². The lowest BCUT2D eigenvalue weighted by molar-refractivity contribution is 0.0691. The Morgan fingerprint density at radius 3 is 2.38 bits per heavy atom. The molecule has 0 spiro atoms. The summed E-state index contributed by atoms with van der Waals surface area (Å²) >= 11 is 0. The topological polar surface area (TPSA) is 94.9 Å². The Bertz CT molecular complexity index is 837. The minimum absolute atomic E-state index is 0.230. The predicted octanol–water partition coefficient (Wildman–Crippen LogP) is 2.10. The van der Waals surface area contributed by atoms with Gasteiger partial charge in [0.25, 0.3) is 10.0 Å². The number of nitrogens with zero attached hydrogens (tertiary/aromatic N) is 1. The molecule has 8 heteroatoms. The summed E-state index contributed by atoms with van der Waals surface area (Å²) in [6.45, 7) is 1.20. The summed E-state index contributed by atoms with van der Waals surface area (Å²) in [7, 11) is -4.18. The number of carboxylic acids is 1. The van der Waals surface area contributed by atoms with Crippen molar-refractivity contribution in [3.63, 3.8) is 0 Å². The summed E-state index contributed by atoms with van der Waals surface area (Å²) in [6, 6.07) is 10.6. The number of hydrogen-bond acceptors (Lipinski definition) is 4. The van der Waals surface area contributed by atoms with E-state index in [0.29, 0.717) is 5.69 Å². The molecule has 2 aromatic carbocycles. The number of aliphatic hydroxyl groups is 1. The lowest BCUT2D eigenvalue weighted by Crippen LogP contribution is -2.36. The number of para-hydroxylation sites is 1. The number of aromatic carboxylic acids is 1. The summed E-state index contributed by atoms with van der Waals surface area (Å²) in [5, 5.41) is 18.6. The molecule has 0 amide bonds. The third kappa shape index (κ3) is 3.72. The molecule has 1 atom stereocenters. The Kier molecular flexibility index (Phi) is 5.20. The molecule has 6 nitrogen and oxygen atoms in total. The molecule has 128 valence electrons. The van der Waals surface area contributed by atoms with Crippen molar-refractivity contribution in [3.8, 4) is 0 Å². The average molecular weight is 353 g/mol. The Labute approximate surface area is 138 Å². The number of aliphatic hydroxyl groups excluding tert-OH is 1. The first kappa shape index (κ1) is 17.9. The van der Waals surface area contributed by atoms with Crippen LogP contribution >= 0.6 is 0 Å². The summed E-state index contributed by atoms with van der Waals surface area (Å²) < 4.78 is 40.2. The first-order valence-corrected chi connectivity index (χ1v) is 8.46. The molecule has 0 aliphatic carbocycles. The summed E-state index contributed by atoms with van der Waals surface area (Å²) in [5.74, 6) is -2.59. The maximum atomic E-state index is 13.5. The number of hydrogen-bond donors (Lipinski definition) is 2. The summed E-state index contributed by atoms with van der Waals surface area (Å²) in [4.78, 5) is 10.7. The second-order valence-corrected chi connectivity index (χ2v) is 7.03. The molecule has 0 unspecified atom stereocenters. The van der Waals surface area contributed by atoms with Crippen LogP contribution in [0.4, 0.5) is 10.1 Å². The molecule has 0 aliphatic heterocycles. The monoisotopic (exact) mass is 353 g/mol. The molecule has 0 aromatic heterocycles. The van der Waals surface area contributed by atoms with Crippen molar-refractivity contribution in [1.82, 2.24) is 0 Å². The molecular formula is C16H16FNO5S. The van der Waals surface area contributed by atoms with Crippen molar-refractivity contribution in [3.05, 3.63) is 59.9 Å². The average Bonchev–Trinajstić information content (AvgIpc) is 2.53. The van der Waals surface area contributed by atoms with Gasteiger partial charge in [0, 0.05) is 0 Å². The van der Waals surface area contributed by atoms with Gasteiger partial charge < -0.3 is 10.2 Å². The molecule has 2 rings (SSSR count). The normalized spacial score (nSPS) is 12.6. The quantitative estimate of drug-likeness (QED) is 0.829. The van der Waals surface area contributed by atoms with E-state index in [0.717, 1.165) is 22.5 Å². The number of sulfonamides is 1. The fourth-order valence-electron chi connectivity index (χ4n) is 2.13. The van der Waals surface area contributed by atoms with E-state index in [2.05, 4.69) is 0 Å². The van der Waals surface area contributed by atoms with Crippen LogP contribution in [0.15, 0.2) is 53.4 Å². The zero-order valence-corrected chi connectivity index (χ0v) is 13.6. The second-order valence-electron chi connectivity index (χ2n) is 5.17. The van der Waals surface area contributed by atoms with Crippen LogP contribution in [-0.4, -0.2) is 37.2 Å². The Hall–Kier alpha value is -2.45. The van der Waals surface area contributed by atoms with Crippen LogP contribution in [0.2, 0.25) is 0 Å². The van der Waals surface area contributed by atoms with Crippen molar-refractivity contribution in [2.75, 3.05) is 10.8 Å². The van der Waals surface area contributed by atoms with E-state index in [9.17, 15) is 22.7 Å². The van der Waals surface area contributed by atoms with E-state index < -0.39 is 33.5 Å². The van der Waals surface area contributed by atoms with Gasteiger partial charge in [0.15, 0.2) is 0 Å². The highest BCUT2D eigenvalue weighted by Gasteiger charge is 2.27. The molecule has 0 aliphatic rings. The Balaban J connectivity index is 2.56. The van der Waals surface area contributed by atoms with Crippen molar-refractivity contribution in [2.45, 2.75) is 17.9 Å². The maximum Gasteiger partial charge on any atom is 0.338 e. The smallest absolute Gasteiger partial charge is 0.338 e. The zero-order chi connectivity index (χ0) is 17.9. The van der Waals surface area contributed by atoms with E-state index in [-0.39, 0.29) is 11.4 Å². The van der Waals surface area contributed by atoms with Gasteiger partial charge in [-0.25, -0.2) is 17.6 Å². The lowest BCUT2D eigenvalue weighted by atomic mass is 10.2. The molecule has 2 aromatic rings. The van der Waals surface area contributed by atoms with E-state index in [1.165, 1.54) is 6.92 Å². The Morgan fingerprint density at radius 1 is 1.21 bits per heavy atom. The summed E-state index contributed by atoms with van der Waals surface area (Å²) in [6.07, 6.45) is -0.959. The molecule has 0 saturated heterocycles. The maximum absolute atomic E-state index is 13.5. The van der Waals surface area contributed by atoms with Crippen LogP contribution < -0.4 is 4.31 Å². The fourth-order valence-corrected chi connectivity index (χ4v) is 3.71. The first-order chi connectivity index (χ1) is 11.2. The lowest BCUT2D eigenvalue weighted by Gasteiger charge is -2.25. The first-order valence-electron chi connectivity index (χ1n) is 7.02.